The van der Waals surface area contributed by atoms with Crippen LogP contribution in [0.25, 0.3) is 0 Å². The van der Waals surface area contributed by atoms with Crippen LogP contribution in [-0.4, -0.2) is 23.0 Å². The highest BCUT2D eigenvalue weighted by Crippen LogP contribution is 2.56. The Morgan fingerprint density at radius 2 is 0.949 bits per heavy atom. The molecule has 1 heteroatoms. The highest BCUT2D eigenvalue weighted by molar-refractivity contribution is 5.07. The molecule has 7 aliphatic rings. The van der Waals surface area contributed by atoms with E-state index in [0.717, 1.165) is 77.3 Å². The maximum Gasteiger partial charge on any atom is 0.0133 e. The minimum absolute atomic E-state index is 0.954. The van der Waals surface area contributed by atoms with E-state index in [-0.39, 0.29) is 0 Å². The molecule has 0 N–H and O–H groups in total. The second-order valence-corrected chi connectivity index (χ2v) is 16.9. The lowest BCUT2D eigenvalue weighted by Gasteiger charge is -2.48. The Morgan fingerprint density at radius 3 is 1.77 bits per heavy atom. The molecule has 6 aliphatic carbocycles. The summed E-state index contributed by atoms with van der Waals surface area (Å²) in [6.07, 6.45) is 35.8. The average Bonchev–Trinajstić information content (AvgIpc) is 3.32. The van der Waals surface area contributed by atoms with E-state index >= 15 is 0 Å². The topological polar surface area (TPSA) is 3.24 Å². The van der Waals surface area contributed by atoms with Gasteiger partial charge in [0.1, 0.15) is 0 Å². The first-order valence-corrected chi connectivity index (χ1v) is 18.9. The Bertz CT molecular complexity index is 784. The van der Waals surface area contributed by atoms with Gasteiger partial charge in [0, 0.05) is 18.1 Å². The van der Waals surface area contributed by atoms with Crippen LogP contribution in [-0.2, 0) is 0 Å². The van der Waals surface area contributed by atoms with E-state index < -0.39 is 0 Å². The number of rotatable bonds is 4. The van der Waals surface area contributed by atoms with Gasteiger partial charge in [-0.05, 0) is 123 Å². The van der Waals surface area contributed by atoms with Gasteiger partial charge in [0.2, 0.25) is 0 Å². The molecule has 0 aromatic heterocycles. The summed E-state index contributed by atoms with van der Waals surface area (Å²) in [6.45, 7) is 5.26. The molecule has 0 bridgehead atoms. The zero-order valence-electron chi connectivity index (χ0n) is 26.2. The fourth-order valence-corrected chi connectivity index (χ4v) is 13.2. The van der Waals surface area contributed by atoms with Crippen LogP contribution in [0.2, 0.25) is 0 Å². The van der Waals surface area contributed by atoms with Gasteiger partial charge in [-0.25, -0.2) is 0 Å². The van der Waals surface area contributed by atoms with Crippen LogP contribution in [0.5, 0.6) is 0 Å². The molecule has 0 radical (unpaired) electrons. The second-order valence-electron chi connectivity index (χ2n) is 16.9. The SMILES string of the molecule is CC1CCCCC1C1CC(C2CCC3C(C2)C2CCCCC2N3C2CCC[C@H](C3CCCCC3)C2)CCC1C. The van der Waals surface area contributed by atoms with Crippen LogP contribution >= 0.6 is 0 Å². The average molecular weight is 536 g/mol. The van der Waals surface area contributed by atoms with E-state index in [4.69, 9.17) is 0 Å². The number of likely N-dealkylation sites (tertiary alicyclic amines) is 1. The van der Waals surface area contributed by atoms with Gasteiger partial charge in [-0.15, -0.1) is 0 Å². The van der Waals surface area contributed by atoms with Crippen LogP contribution in [0.15, 0.2) is 0 Å². The maximum absolute atomic E-state index is 3.31. The molecule has 7 rings (SSSR count). The molecule has 0 aromatic rings. The van der Waals surface area contributed by atoms with E-state index in [1.54, 1.807) is 103 Å². The van der Waals surface area contributed by atoms with E-state index in [2.05, 4.69) is 18.7 Å². The summed E-state index contributed by atoms with van der Waals surface area (Å²) in [4.78, 5) is 3.31. The van der Waals surface area contributed by atoms with Crippen molar-refractivity contribution >= 4 is 0 Å². The summed E-state index contributed by atoms with van der Waals surface area (Å²) < 4.78 is 0. The zero-order valence-corrected chi connectivity index (χ0v) is 26.2. The normalized spacial score (nSPS) is 50.3. The third kappa shape index (κ3) is 5.56. The fourth-order valence-electron chi connectivity index (χ4n) is 13.2. The van der Waals surface area contributed by atoms with E-state index in [1.807, 2.05) is 0 Å². The molecule has 222 valence electrons. The molecule has 12 atom stereocenters. The number of hydrogen-bond acceptors (Lipinski definition) is 1. The summed E-state index contributed by atoms with van der Waals surface area (Å²) in [5.74, 6) is 10.5. The van der Waals surface area contributed by atoms with Crippen molar-refractivity contribution in [2.75, 3.05) is 0 Å². The van der Waals surface area contributed by atoms with Crippen molar-refractivity contribution in [2.24, 2.45) is 59.2 Å². The standard InChI is InChI=1S/C38H65N/c1-26-11-6-7-16-33(26)35-24-30(20-19-27(35)2)31-21-22-38-36(25-31)34-17-8-9-18-37(34)39(38)32-15-10-14-29(23-32)28-12-4-3-5-13-28/h26-38H,3-25H2,1-2H3/t26?,27?,29-,30?,31?,32?,33?,34?,35?,36?,37?,38?/m0/s1. The molecule has 11 unspecified atom stereocenters. The third-order valence-corrected chi connectivity index (χ3v) is 15.1. The van der Waals surface area contributed by atoms with Crippen LogP contribution < -0.4 is 0 Å². The minimum Gasteiger partial charge on any atom is -0.294 e. The first-order valence-electron chi connectivity index (χ1n) is 18.9. The molecule has 1 nitrogen and oxygen atoms in total. The summed E-state index contributed by atoms with van der Waals surface area (Å²) in [7, 11) is 0. The van der Waals surface area contributed by atoms with Gasteiger partial charge in [0.15, 0.2) is 0 Å². The number of fused-ring (bicyclic) bond motifs is 3. The van der Waals surface area contributed by atoms with Crippen molar-refractivity contribution in [1.82, 2.24) is 4.90 Å². The van der Waals surface area contributed by atoms with Crippen molar-refractivity contribution < 1.29 is 0 Å². The summed E-state index contributed by atoms with van der Waals surface area (Å²) in [5, 5.41) is 0. The molecule has 0 amide bonds. The van der Waals surface area contributed by atoms with Gasteiger partial charge in [-0.2, -0.15) is 0 Å². The fraction of sp³-hybridized carbons (Fsp3) is 1.00. The van der Waals surface area contributed by atoms with Gasteiger partial charge in [-0.1, -0.05) is 97.3 Å². The Labute approximate surface area is 243 Å². The highest BCUT2D eigenvalue weighted by atomic mass is 15.3. The Hall–Kier alpha value is -0.0400. The maximum atomic E-state index is 3.31. The zero-order chi connectivity index (χ0) is 26.3. The lowest BCUT2D eigenvalue weighted by atomic mass is 9.58. The van der Waals surface area contributed by atoms with E-state index in [1.165, 1.54) is 44.9 Å². The van der Waals surface area contributed by atoms with Gasteiger partial charge >= 0.3 is 0 Å². The van der Waals surface area contributed by atoms with Gasteiger partial charge in [-0.3, -0.25) is 4.90 Å². The van der Waals surface area contributed by atoms with Crippen LogP contribution in [0, 0.1) is 59.2 Å². The van der Waals surface area contributed by atoms with Crippen molar-refractivity contribution in [3.05, 3.63) is 0 Å². The number of hydrogen-bond donors (Lipinski definition) is 0. The quantitative estimate of drug-likeness (QED) is 0.346. The van der Waals surface area contributed by atoms with Crippen LogP contribution in [0.4, 0.5) is 0 Å². The molecular formula is C38H65N. The van der Waals surface area contributed by atoms with Gasteiger partial charge < -0.3 is 0 Å². The second kappa shape index (κ2) is 12.3. The van der Waals surface area contributed by atoms with Crippen molar-refractivity contribution in [2.45, 2.75) is 180 Å². The van der Waals surface area contributed by atoms with Crippen molar-refractivity contribution in [3.63, 3.8) is 0 Å². The third-order valence-electron chi connectivity index (χ3n) is 15.1. The predicted octanol–water partition coefficient (Wildman–Crippen LogP) is 10.7. The molecule has 0 aromatic carbocycles. The first-order chi connectivity index (χ1) is 19.2. The largest absolute Gasteiger partial charge is 0.294 e. The smallest absolute Gasteiger partial charge is 0.0133 e. The molecule has 6 saturated carbocycles. The van der Waals surface area contributed by atoms with E-state index in [0.29, 0.717) is 0 Å². The van der Waals surface area contributed by atoms with E-state index in [9.17, 15) is 0 Å². The lowest BCUT2D eigenvalue weighted by molar-refractivity contribution is 0.0143. The molecular weight excluding hydrogens is 470 g/mol. The molecule has 1 saturated heterocycles. The van der Waals surface area contributed by atoms with Crippen LogP contribution in [0.3, 0.4) is 0 Å². The predicted molar refractivity (Wildman–Crippen MR) is 166 cm³/mol. The Morgan fingerprint density at radius 1 is 0.359 bits per heavy atom. The summed E-state index contributed by atoms with van der Waals surface area (Å²) in [5.41, 5.74) is 0. The van der Waals surface area contributed by atoms with Crippen molar-refractivity contribution in [1.29, 1.82) is 0 Å². The monoisotopic (exact) mass is 536 g/mol. The molecule has 1 heterocycles. The molecule has 39 heavy (non-hydrogen) atoms. The summed E-state index contributed by atoms with van der Waals surface area (Å²) >= 11 is 0. The van der Waals surface area contributed by atoms with Crippen LogP contribution in [0.1, 0.15) is 162 Å². The molecule has 1 aliphatic heterocycles. The molecule has 7 fully saturated rings. The summed E-state index contributed by atoms with van der Waals surface area (Å²) in [6, 6.07) is 2.90. The number of nitrogens with zero attached hydrogens (tertiary/aromatic N) is 1. The highest BCUT2D eigenvalue weighted by Gasteiger charge is 2.54. The van der Waals surface area contributed by atoms with Crippen molar-refractivity contribution in [3.8, 4) is 0 Å². The lowest BCUT2D eigenvalue weighted by Crippen LogP contribution is -2.49. The van der Waals surface area contributed by atoms with Gasteiger partial charge in [0.25, 0.3) is 0 Å². The molecule has 0 spiro atoms. The Balaban J connectivity index is 1.04. The first kappa shape index (κ1) is 27.8. The minimum atomic E-state index is 0.954. The Kier molecular flexibility index (Phi) is 8.75. The van der Waals surface area contributed by atoms with Gasteiger partial charge in [0.05, 0.1) is 0 Å².